The molecule has 18 heavy (non-hydrogen) atoms. The molecule has 0 saturated heterocycles. The van der Waals surface area contributed by atoms with Gasteiger partial charge in [0.15, 0.2) is 0 Å². The fraction of sp³-hybridized carbons (Fsp3) is 0.812. The van der Waals surface area contributed by atoms with Crippen LogP contribution >= 0.6 is 0 Å². The number of rotatable bonds is 11. The van der Waals surface area contributed by atoms with E-state index in [2.05, 4.69) is 31.0 Å². The number of hydrogen-bond acceptors (Lipinski definition) is 2. The summed E-state index contributed by atoms with van der Waals surface area (Å²) in [6, 6.07) is 0.101. The maximum Gasteiger partial charge on any atom is 0.235 e. The van der Waals surface area contributed by atoms with Gasteiger partial charge < -0.3 is 0 Å². The van der Waals surface area contributed by atoms with Crippen molar-refractivity contribution in [3.63, 3.8) is 0 Å². The molecule has 2 nitrogen and oxygen atoms in total. The topological polar surface area (TPSA) is 29.4 Å². The highest BCUT2D eigenvalue weighted by Gasteiger charge is 2.09. The second kappa shape index (κ2) is 12.6. The molecule has 0 aromatic heterocycles. The average molecular weight is 251 g/mol. The van der Waals surface area contributed by atoms with Crippen LogP contribution in [0.3, 0.4) is 0 Å². The zero-order valence-electron chi connectivity index (χ0n) is 12.3. The summed E-state index contributed by atoms with van der Waals surface area (Å²) < 4.78 is 0. The Morgan fingerprint density at radius 1 is 1.17 bits per heavy atom. The summed E-state index contributed by atoms with van der Waals surface area (Å²) >= 11 is 0. The molecule has 2 heteroatoms. The molecule has 2 atom stereocenters. The zero-order valence-corrected chi connectivity index (χ0v) is 12.3. The summed E-state index contributed by atoms with van der Waals surface area (Å²) in [5, 5.41) is 0. The Hall–Kier alpha value is -0.880. The van der Waals surface area contributed by atoms with Crippen LogP contribution in [-0.4, -0.2) is 12.1 Å². The summed E-state index contributed by atoms with van der Waals surface area (Å²) in [7, 11) is 0. The Kier molecular flexibility index (Phi) is 12.0. The van der Waals surface area contributed by atoms with Crippen molar-refractivity contribution in [2.45, 2.75) is 78.2 Å². The van der Waals surface area contributed by atoms with E-state index in [1.807, 2.05) is 6.92 Å². The first-order valence-corrected chi connectivity index (χ1v) is 7.44. The standard InChI is InChI=1S/C16H29NO/c1-4-6-7-8-9-10-12-16(11-5-2)13-15(3)17-14-18/h5,11,15-16H,4,6-10,12-13H2,1-3H3. The molecule has 0 N–H and O–H groups in total. The van der Waals surface area contributed by atoms with Gasteiger partial charge >= 0.3 is 0 Å². The van der Waals surface area contributed by atoms with Crippen LogP contribution in [-0.2, 0) is 4.79 Å². The van der Waals surface area contributed by atoms with Crippen molar-refractivity contribution >= 4 is 6.08 Å². The van der Waals surface area contributed by atoms with Gasteiger partial charge in [0.25, 0.3) is 0 Å². The summed E-state index contributed by atoms with van der Waals surface area (Å²) in [5.41, 5.74) is 0. The monoisotopic (exact) mass is 251 g/mol. The third kappa shape index (κ3) is 10.3. The van der Waals surface area contributed by atoms with E-state index >= 15 is 0 Å². The van der Waals surface area contributed by atoms with Crippen LogP contribution in [0.25, 0.3) is 0 Å². The van der Waals surface area contributed by atoms with E-state index in [-0.39, 0.29) is 6.04 Å². The van der Waals surface area contributed by atoms with Gasteiger partial charge in [-0.1, -0.05) is 57.6 Å². The van der Waals surface area contributed by atoms with Crippen molar-refractivity contribution in [3.05, 3.63) is 12.2 Å². The second-order valence-electron chi connectivity index (χ2n) is 5.15. The highest BCUT2D eigenvalue weighted by molar-refractivity contribution is 5.33. The maximum absolute atomic E-state index is 10.2. The van der Waals surface area contributed by atoms with Crippen LogP contribution in [0, 0.1) is 5.92 Å². The molecule has 0 aliphatic heterocycles. The van der Waals surface area contributed by atoms with Crippen LogP contribution in [0.5, 0.6) is 0 Å². The number of unbranched alkanes of at least 4 members (excludes halogenated alkanes) is 5. The van der Waals surface area contributed by atoms with Gasteiger partial charge in [-0.2, -0.15) is 0 Å². The third-order valence-corrected chi connectivity index (χ3v) is 3.31. The number of hydrogen-bond donors (Lipinski definition) is 0. The van der Waals surface area contributed by atoms with Crippen molar-refractivity contribution in [3.8, 4) is 0 Å². The molecule has 0 fully saturated rings. The predicted molar refractivity (Wildman–Crippen MR) is 78.5 cm³/mol. The smallest absolute Gasteiger partial charge is 0.211 e. The van der Waals surface area contributed by atoms with E-state index < -0.39 is 0 Å². The largest absolute Gasteiger partial charge is 0.235 e. The first-order chi connectivity index (χ1) is 8.74. The van der Waals surface area contributed by atoms with Crippen molar-refractivity contribution in [1.29, 1.82) is 0 Å². The van der Waals surface area contributed by atoms with Crippen molar-refractivity contribution in [2.24, 2.45) is 10.9 Å². The Morgan fingerprint density at radius 3 is 2.44 bits per heavy atom. The van der Waals surface area contributed by atoms with Crippen LogP contribution in [0.15, 0.2) is 17.1 Å². The zero-order chi connectivity index (χ0) is 13.6. The van der Waals surface area contributed by atoms with Gasteiger partial charge in [-0.15, -0.1) is 0 Å². The van der Waals surface area contributed by atoms with E-state index in [9.17, 15) is 4.79 Å². The number of nitrogens with zero attached hydrogens (tertiary/aromatic N) is 1. The van der Waals surface area contributed by atoms with Gasteiger partial charge in [-0.25, -0.2) is 9.79 Å². The Morgan fingerprint density at radius 2 is 1.83 bits per heavy atom. The quantitative estimate of drug-likeness (QED) is 0.219. The Bertz CT molecular complexity index is 254. The summed E-state index contributed by atoms with van der Waals surface area (Å²) in [5.74, 6) is 0.563. The minimum atomic E-state index is 0.101. The maximum atomic E-state index is 10.2. The van der Waals surface area contributed by atoms with Crippen LogP contribution in [0.1, 0.15) is 72.1 Å². The van der Waals surface area contributed by atoms with Gasteiger partial charge in [0.2, 0.25) is 6.08 Å². The molecule has 0 aromatic rings. The van der Waals surface area contributed by atoms with Gasteiger partial charge in [-0.3, -0.25) is 0 Å². The SMILES string of the molecule is CC=CC(CCCCCCCC)CC(C)N=C=O. The van der Waals surface area contributed by atoms with Crippen molar-refractivity contribution < 1.29 is 4.79 Å². The van der Waals surface area contributed by atoms with E-state index in [1.54, 1.807) is 6.08 Å². The highest BCUT2D eigenvalue weighted by atomic mass is 16.1. The molecule has 0 aromatic carbocycles. The molecule has 0 rings (SSSR count). The molecular weight excluding hydrogens is 222 g/mol. The first kappa shape index (κ1) is 17.1. The molecule has 0 bridgehead atoms. The van der Waals surface area contributed by atoms with E-state index in [0.717, 1.165) is 6.42 Å². The Labute approximate surface area is 113 Å². The summed E-state index contributed by atoms with van der Waals surface area (Å²) in [6.07, 6.45) is 16.2. The fourth-order valence-corrected chi connectivity index (χ4v) is 2.33. The predicted octanol–water partition coefficient (Wildman–Crippen LogP) is 5.04. The number of aliphatic imine (C=N–C) groups is 1. The van der Waals surface area contributed by atoms with Gasteiger partial charge in [0, 0.05) is 0 Å². The molecule has 0 aliphatic carbocycles. The van der Waals surface area contributed by atoms with E-state index in [1.165, 1.54) is 44.9 Å². The van der Waals surface area contributed by atoms with Gasteiger partial charge in [0.1, 0.15) is 0 Å². The van der Waals surface area contributed by atoms with E-state index in [0.29, 0.717) is 5.92 Å². The summed E-state index contributed by atoms with van der Waals surface area (Å²) in [4.78, 5) is 14.0. The first-order valence-electron chi connectivity index (χ1n) is 7.44. The Balaban J connectivity index is 3.79. The molecule has 0 aliphatic rings. The lowest BCUT2D eigenvalue weighted by atomic mass is 9.94. The van der Waals surface area contributed by atoms with Gasteiger partial charge in [-0.05, 0) is 32.6 Å². The minimum absolute atomic E-state index is 0.101. The molecule has 104 valence electrons. The second-order valence-corrected chi connectivity index (χ2v) is 5.15. The highest BCUT2D eigenvalue weighted by Crippen LogP contribution is 2.19. The number of allylic oxidation sites excluding steroid dienone is 2. The molecule has 0 saturated carbocycles. The van der Waals surface area contributed by atoms with Crippen LogP contribution < -0.4 is 0 Å². The normalized spacial score (nSPS) is 14.4. The van der Waals surface area contributed by atoms with Crippen LogP contribution in [0.2, 0.25) is 0 Å². The summed E-state index contributed by atoms with van der Waals surface area (Å²) in [6.45, 7) is 6.29. The van der Waals surface area contributed by atoms with Crippen LogP contribution in [0.4, 0.5) is 0 Å². The fourth-order valence-electron chi connectivity index (χ4n) is 2.33. The lowest BCUT2D eigenvalue weighted by molar-refractivity contribution is 0.461. The lowest BCUT2D eigenvalue weighted by Gasteiger charge is -2.14. The lowest BCUT2D eigenvalue weighted by Crippen LogP contribution is -2.07. The molecule has 0 radical (unpaired) electrons. The molecule has 0 amide bonds. The minimum Gasteiger partial charge on any atom is -0.211 e. The average Bonchev–Trinajstić information content (AvgIpc) is 2.34. The molecule has 0 heterocycles. The van der Waals surface area contributed by atoms with Crippen molar-refractivity contribution in [1.82, 2.24) is 0 Å². The number of carbonyl (C=O) groups excluding carboxylic acids is 1. The molecule has 2 unspecified atom stereocenters. The van der Waals surface area contributed by atoms with E-state index in [4.69, 9.17) is 0 Å². The molecular formula is C16H29NO. The molecule has 0 spiro atoms. The number of isocyanates is 1. The van der Waals surface area contributed by atoms with Gasteiger partial charge in [0.05, 0.1) is 6.04 Å². The van der Waals surface area contributed by atoms with Crippen molar-refractivity contribution in [2.75, 3.05) is 0 Å². The third-order valence-electron chi connectivity index (χ3n) is 3.31.